The molecule has 4 nitrogen and oxygen atoms in total. The van der Waals surface area contributed by atoms with E-state index in [0.29, 0.717) is 15.8 Å². The van der Waals surface area contributed by atoms with Gasteiger partial charge in [-0.3, -0.25) is 10.1 Å². The lowest BCUT2D eigenvalue weighted by Crippen LogP contribution is -2.37. The molecule has 1 atom stereocenters. The van der Waals surface area contributed by atoms with E-state index in [9.17, 15) is 4.79 Å². The maximum atomic E-state index is 11.8. The fraction of sp³-hybridized carbons (Fsp3) is 0.357. The van der Waals surface area contributed by atoms with E-state index >= 15 is 0 Å². The Bertz CT molecular complexity index is 515. The quantitative estimate of drug-likeness (QED) is 0.527. The Kier molecular flexibility index (Phi) is 6.66. The standard InChI is InChI=1S/C14H15Cl2NO3/c1-9(2)4-5-17-13(18)14(19-3)20-12-7-10(15)6-11(16)8-12/h6-9,14H,1-3H3,(H,17,18). The summed E-state index contributed by atoms with van der Waals surface area (Å²) < 4.78 is 10.3. The average molecular weight is 316 g/mol. The number of nitrogens with one attached hydrogen (secondary N) is 1. The predicted molar refractivity (Wildman–Crippen MR) is 78.6 cm³/mol. The van der Waals surface area contributed by atoms with Crippen molar-refractivity contribution in [2.45, 2.75) is 20.1 Å². The molecule has 0 aliphatic rings. The van der Waals surface area contributed by atoms with Crippen LogP contribution in [0.25, 0.3) is 0 Å². The number of carbonyl (C=O) groups excluding carboxylic acids is 1. The molecule has 0 aliphatic carbocycles. The van der Waals surface area contributed by atoms with Crippen LogP contribution in [0.5, 0.6) is 5.75 Å². The van der Waals surface area contributed by atoms with E-state index in [1.54, 1.807) is 6.07 Å². The maximum Gasteiger partial charge on any atom is 0.301 e. The third kappa shape index (κ3) is 5.70. The highest BCUT2D eigenvalue weighted by Crippen LogP contribution is 2.25. The molecule has 6 heteroatoms. The first kappa shape index (κ1) is 16.6. The monoisotopic (exact) mass is 315 g/mol. The number of hydrogen-bond donors (Lipinski definition) is 1. The Morgan fingerprint density at radius 2 is 1.85 bits per heavy atom. The maximum absolute atomic E-state index is 11.8. The van der Waals surface area contributed by atoms with Gasteiger partial charge >= 0.3 is 5.91 Å². The molecule has 0 aromatic heterocycles. The van der Waals surface area contributed by atoms with Crippen molar-refractivity contribution in [3.8, 4) is 17.7 Å². The summed E-state index contributed by atoms with van der Waals surface area (Å²) in [6.07, 6.45) is -1.13. The molecule has 1 unspecified atom stereocenters. The zero-order chi connectivity index (χ0) is 15.1. The van der Waals surface area contributed by atoms with Crippen LogP contribution in [0.3, 0.4) is 0 Å². The molecule has 1 aromatic rings. The van der Waals surface area contributed by atoms with Gasteiger partial charge < -0.3 is 9.47 Å². The Morgan fingerprint density at radius 1 is 1.25 bits per heavy atom. The average Bonchev–Trinajstić information content (AvgIpc) is 2.34. The minimum Gasteiger partial charge on any atom is -0.455 e. The van der Waals surface area contributed by atoms with Gasteiger partial charge in [-0.1, -0.05) is 43.0 Å². The summed E-state index contributed by atoms with van der Waals surface area (Å²) >= 11 is 11.7. The van der Waals surface area contributed by atoms with Crippen molar-refractivity contribution in [2.24, 2.45) is 5.92 Å². The third-order valence-corrected chi connectivity index (χ3v) is 2.49. The Hall–Kier alpha value is -1.41. The number of rotatable bonds is 4. The lowest BCUT2D eigenvalue weighted by atomic mass is 10.2. The van der Waals surface area contributed by atoms with Crippen LogP contribution >= 0.6 is 23.2 Å². The van der Waals surface area contributed by atoms with Gasteiger partial charge in [-0.25, -0.2) is 0 Å². The number of methoxy groups -OCH3 is 1. The van der Waals surface area contributed by atoms with Gasteiger partial charge in [-0.15, -0.1) is 0 Å². The summed E-state index contributed by atoms with van der Waals surface area (Å²) in [5.41, 5.74) is 0. The van der Waals surface area contributed by atoms with Crippen LogP contribution in [0, 0.1) is 17.9 Å². The molecular formula is C14H15Cl2NO3. The molecule has 20 heavy (non-hydrogen) atoms. The first-order valence-corrected chi connectivity index (χ1v) is 6.64. The molecule has 1 rings (SSSR count). The molecule has 0 fully saturated rings. The van der Waals surface area contributed by atoms with Crippen LogP contribution in [0.2, 0.25) is 10.0 Å². The highest BCUT2D eigenvalue weighted by atomic mass is 35.5. The van der Waals surface area contributed by atoms with Crippen LogP contribution < -0.4 is 10.1 Å². The van der Waals surface area contributed by atoms with Gasteiger partial charge in [0.15, 0.2) is 0 Å². The van der Waals surface area contributed by atoms with E-state index in [4.69, 9.17) is 32.7 Å². The van der Waals surface area contributed by atoms with E-state index in [2.05, 4.69) is 17.3 Å². The van der Waals surface area contributed by atoms with Gasteiger partial charge in [0.05, 0.1) is 0 Å². The zero-order valence-electron chi connectivity index (χ0n) is 11.4. The molecule has 0 aliphatic heterocycles. The predicted octanol–water partition coefficient (Wildman–Crippen LogP) is 3.08. The highest BCUT2D eigenvalue weighted by molar-refractivity contribution is 6.34. The second-order valence-electron chi connectivity index (χ2n) is 4.20. The van der Waals surface area contributed by atoms with Crippen molar-refractivity contribution in [3.05, 3.63) is 28.2 Å². The van der Waals surface area contributed by atoms with Crippen molar-refractivity contribution >= 4 is 29.1 Å². The fourth-order valence-electron chi connectivity index (χ4n) is 1.23. The van der Waals surface area contributed by atoms with Crippen LogP contribution in [0.15, 0.2) is 18.2 Å². The second-order valence-corrected chi connectivity index (χ2v) is 5.08. The number of hydrogen-bond acceptors (Lipinski definition) is 3. The third-order valence-electron chi connectivity index (χ3n) is 2.05. The van der Waals surface area contributed by atoms with Gasteiger partial charge in [0, 0.05) is 29.1 Å². The van der Waals surface area contributed by atoms with E-state index in [-0.39, 0.29) is 5.92 Å². The van der Waals surface area contributed by atoms with Crippen LogP contribution in [0.1, 0.15) is 13.8 Å². The number of ether oxygens (including phenoxy) is 2. The normalized spacial score (nSPS) is 11.5. The Balaban J connectivity index is 2.72. The lowest BCUT2D eigenvalue weighted by molar-refractivity contribution is -0.146. The Labute approximate surface area is 128 Å². The number of halogens is 2. The smallest absolute Gasteiger partial charge is 0.301 e. The first-order chi connectivity index (χ1) is 9.42. The lowest BCUT2D eigenvalue weighted by Gasteiger charge is -2.15. The number of carbonyl (C=O) groups is 1. The summed E-state index contributed by atoms with van der Waals surface area (Å²) in [7, 11) is 1.35. The fourth-order valence-corrected chi connectivity index (χ4v) is 1.74. The molecule has 0 bridgehead atoms. The van der Waals surface area contributed by atoms with Gasteiger partial charge in [0.1, 0.15) is 5.75 Å². The zero-order valence-corrected chi connectivity index (χ0v) is 12.9. The molecule has 0 heterocycles. The van der Waals surface area contributed by atoms with Crippen LogP contribution in [-0.2, 0) is 9.53 Å². The van der Waals surface area contributed by atoms with Gasteiger partial charge in [-0.05, 0) is 18.2 Å². The van der Waals surface area contributed by atoms with Crippen molar-refractivity contribution in [2.75, 3.05) is 7.11 Å². The first-order valence-electron chi connectivity index (χ1n) is 5.88. The van der Waals surface area contributed by atoms with Gasteiger partial charge in [-0.2, -0.15) is 0 Å². The van der Waals surface area contributed by atoms with E-state index < -0.39 is 12.2 Å². The van der Waals surface area contributed by atoms with E-state index in [0.717, 1.165) is 0 Å². The molecular weight excluding hydrogens is 301 g/mol. The van der Waals surface area contributed by atoms with Gasteiger partial charge in [0.25, 0.3) is 6.29 Å². The minimum atomic E-state index is -1.13. The molecule has 1 aromatic carbocycles. The molecule has 0 saturated carbocycles. The summed E-state index contributed by atoms with van der Waals surface area (Å²) in [4.78, 5) is 11.8. The minimum absolute atomic E-state index is 0.156. The molecule has 108 valence electrons. The van der Waals surface area contributed by atoms with E-state index in [1.165, 1.54) is 19.2 Å². The van der Waals surface area contributed by atoms with Crippen molar-refractivity contribution in [1.82, 2.24) is 5.32 Å². The van der Waals surface area contributed by atoms with Crippen LogP contribution in [0.4, 0.5) is 0 Å². The molecule has 1 amide bonds. The summed E-state index contributed by atoms with van der Waals surface area (Å²) in [6, 6.07) is 7.18. The summed E-state index contributed by atoms with van der Waals surface area (Å²) in [6.45, 7) is 3.83. The second kappa shape index (κ2) is 8.01. The van der Waals surface area contributed by atoms with Gasteiger partial charge in [0.2, 0.25) is 0 Å². The van der Waals surface area contributed by atoms with Crippen molar-refractivity contribution in [3.63, 3.8) is 0 Å². The molecule has 0 spiro atoms. The molecule has 0 saturated heterocycles. The van der Waals surface area contributed by atoms with E-state index in [1.807, 2.05) is 13.8 Å². The van der Waals surface area contributed by atoms with Crippen molar-refractivity contribution < 1.29 is 14.3 Å². The van der Waals surface area contributed by atoms with Crippen LogP contribution in [-0.4, -0.2) is 19.3 Å². The largest absolute Gasteiger partial charge is 0.455 e. The summed E-state index contributed by atoms with van der Waals surface area (Å²) in [5.74, 6) is 2.79. The topological polar surface area (TPSA) is 47.6 Å². The SMILES string of the molecule is COC(Oc1cc(Cl)cc(Cl)c1)C(=O)NC#CC(C)C. The number of benzene rings is 1. The molecule has 1 N–H and O–H groups in total. The molecule has 0 radical (unpaired) electrons. The highest BCUT2D eigenvalue weighted by Gasteiger charge is 2.19. The summed E-state index contributed by atoms with van der Waals surface area (Å²) in [5, 5.41) is 3.21. The Morgan fingerprint density at radius 3 is 2.35 bits per heavy atom. The number of amides is 1. The van der Waals surface area contributed by atoms with Crippen molar-refractivity contribution in [1.29, 1.82) is 0 Å².